The minimum absolute atomic E-state index is 0.841. The van der Waals surface area contributed by atoms with E-state index in [4.69, 9.17) is 8.83 Å². The van der Waals surface area contributed by atoms with E-state index in [-0.39, 0.29) is 0 Å². The number of rotatable bonds is 6. The molecule has 0 amide bonds. The zero-order valence-electron chi connectivity index (χ0n) is 29.8. The third kappa shape index (κ3) is 5.13. The number of fused-ring (bicyclic) bond motifs is 10. The van der Waals surface area contributed by atoms with Gasteiger partial charge in [-0.05, 0) is 87.3 Å². The van der Waals surface area contributed by atoms with Crippen LogP contribution in [0.15, 0.2) is 209 Å². The van der Waals surface area contributed by atoms with Gasteiger partial charge in [-0.1, -0.05) is 152 Å². The first-order chi connectivity index (χ1) is 27.3. The number of benzene rings is 9. The first-order valence-corrected chi connectivity index (χ1v) is 18.7. The highest BCUT2D eigenvalue weighted by Gasteiger charge is 2.23. The van der Waals surface area contributed by atoms with Crippen LogP contribution in [0.2, 0.25) is 0 Å². The zero-order valence-corrected chi connectivity index (χ0v) is 29.8. The topological polar surface area (TPSA) is 29.5 Å². The van der Waals surface area contributed by atoms with Gasteiger partial charge in [0.1, 0.15) is 22.3 Å². The van der Waals surface area contributed by atoms with E-state index in [1.54, 1.807) is 0 Å². The zero-order chi connectivity index (χ0) is 36.3. The summed E-state index contributed by atoms with van der Waals surface area (Å²) in [7, 11) is 0. The Labute approximate surface area is 317 Å². The highest BCUT2D eigenvalue weighted by atomic mass is 16.3. The van der Waals surface area contributed by atoms with Crippen LogP contribution in [-0.4, -0.2) is 0 Å². The van der Waals surface area contributed by atoms with Crippen LogP contribution >= 0.6 is 0 Å². The quantitative estimate of drug-likeness (QED) is 0.173. The van der Waals surface area contributed by atoms with Crippen molar-refractivity contribution >= 4 is 71.7 Å². The Hall–Kier alpha value is -7.36. The molecule has 0 aliphatic rings. The Bertz CT molecular complexity index is 3080. The summed E-state index contributed by atoms with van der Waals surface area (Å²) >= 11 is 0. The number of furan rings is 2. The molecule has 55 heavy (non-hydrogen) atoms. The third-order valence-corrected chi connectivity index (χ3v) is 10.9. The van der Waals surface area contributed by atoms with Gasteiger partial charge in [-0.15, -0.1) is 0 Å². The second-order valence-corrected chi connectivity index (χ2v) is 14.0. The van der Waals surface area contributed by atoms with Crippen molar-refractivity contribution in [3.05, 3.63) is 200 Å². The summed E-state index contributed by atoms with van der Waals surface area (Å²) in [5.74, 6) is 0. The van der Waals surface area contributed by atoms with Crippen molar-refractivity contribution in [3.63, 3.8) is 0 Å². The normalized spacial score (nSPS) is 11.6. The molecule has 0 N–H and O–H groups in total. The van der Waals surface area contributed by atoms with E-state index in [0.717, 1.165) is 82.8 Å². The van der Waals surface area contributed by atoms with Crippen molar-refractivity contribution in [2.24, 2.45) is 0 Å². The second kappa shape index (κ2) is 12.6. The molecule has 11 rings (SSSR count). The largest absolute Gasteiger partial charge is 0.455 e. The average molecular weight is 704 g/mol. The van der Waals surface area contributed by atoms with Crippen LogP contribution in [-0.2, 0) is 0 Å². The van der Waals surface area contributed by atoms with E-state index in [2.05, 4.69) is 193 Å². The molecule has 3 nitrogen and oxygen atoms in total. The van der Waals surface area contributed by atoms with E-state index >= 15 is 0 Å². The van der Waals surface area contributed by atoms with Crippen molar-refractivity contribution in [2.45, 2.75) is 0 Å². The molecule has 0 atom stereocenters. The molecule has 11 aromatic rings. The highest BCUT2D eigenvalue weighted by molar-refractivity contribution is 6.34. The summed E-state index contributed by atoms with van der Waals surface area (Å²) in [6, 6.07) is 70.8. The van der Waals surface area contributed by atoms with Crippen LogP contribution in [0.1, 0.15) is 0 Å². The predicted molar refractivity (Wildman–Crippen MR) is 229 cm³/mol. The molecule has 0 radical (unpaired) electrons. The van der Waals surface area contributed by atoms with E-state index < -0.39 is 0 Å². The van der Waals surface area contributed by atoms with E-state index in [0.29, 0.717) is 0 Å². The van der Waals surface area contributed by atoms with Crippen molar-refractivity contribution in [1.29, 1.82) is 0 Å². The molecule has 0 aliphatic heterocycles. The number of para-hydroxylation sites is 1. The van der Waals surface area contributed by atoms with E-state index in [1.807, 2.05) is 12.1 Å². The van der Waals surface area contributed by atoms with Crippen molar-refractivity contribution < 1.29 is 8.83 Å². The molecule has 0 fully saturated rings. The standard InChI is InChI=1S/C52H33NO2/c1-3-12-34(13-4-1)36-22-28-39(29-23-36)53(40-30-24-37(25-31-40)35-14-5-2-6-15-35)41-32-26-38(27-33-41)42-19-11-21-47-49(42)50-51(55-47)44-17-8-7-16-43(44)48-45-18-9-10-20-46(45)54-52(48)50/h1-33H. The fourth-order valence-corrected chi connectivity index (χ4v) is 8.29. The number of nitrogens with zero attached hydrogens (tertiary/aromatic N) is 1. The summed E-state index contributed by atoms with van der Waals surface area (Å²) in [6.07, 6.45) is 0. The van der Waals surface area contributed by atoms with Crippen molar-refractivity contribution in [2.75, 3.05) is 4.90 Å². The molecular weight excluding hydrogens is 671 g/mol. The summed E-state index contributed by atoms with van der Waals surface area (Å²) in [6.45, 7) is 0. The monoisotopic (exact) mass is 703 g/mol. The molecular formula is C52H33NO2. The van der Waals surface area contributed by atoms with Gasteiger partial charge in [-0.2, -0.15) is 0 Å². The number of anilines is 3. The van der Waals surface area contributed by atoms with Gasteiger partial charge in [0.2, 0.25) is 0 Å². The summed E-state index contributed by atoms with van der Waals surface area (Å²) in [5.41, 5.74) is 13.6. The van der Waals surface area contributed by atoms with Gasteiger partial charge >= 0.3 is 0 Å². The van der Waals surface area contributed by atoms with Gasteiger partial charge in [-0.3, -0.25) is 0 Å². The lowest BCUT2D eigenvalue weighted by Gasteiger charge is -2.26. The molecule has 0 spiro atoms. The lowest BCUT2D eigenvalue weighted by molar-refractivity contribution is 0.665. The molecule has 258 valence electrons. The van der Waals surface area contributed by atoms with E-state index in [1.165, 1.54) is 22.3 Å². The van der Waals surface area contributed by atoms with Gasteiger partial charge in [0, 0.05) is 38.6 Å². The highest BCUT2D eigenvalue weighted by Crippen LogP contribution is 2.47. The smallest absolute Gasteiger partial charge is 0.147 e. The van der Waals surface area contributed by atoms with Crippen LogP contribution in [0.25, 0.3) is 88.0 Å². The van der Waals surface area contributed by atoms with Gasteiger partial charge < -0.3 is 13.7 Å². The molecule has 0 saturated heterocycles. The van der Waals surface area contributed by atoms with Crippen LogP contribution < -0.4 is 4.90 Å². The maximum Gasteiger partial charge on any atom is 0.147 e. The van der Waals surface area contributed by atoms with Crippen LogP contribution in [0.3, 0.4) is 0 Å². The minimum atomic E-state index is 0.841. The Balaban J connectivity index is 1.06. The average Bonchev–Trinajstić information content (AvgIpc) is 3.85. The molecule has 9 aromatic carbocycles. The van der Waals surface area contributed by atoms with Crippen molar-refractivity contribution in [1.82, 2.24) is 0 Å². The third-order valence-electron chi connectivity index (χ3n) is 10.9. The lowest BCUT2D eigenvalue weighted by atomic mass is 9.95. The van der Waals surface area contributed by atoms with Crippen LogP contribution in [0.4, 0.5) is 17.1 Å². The second-order valence-electron chi connectivity index (χ2n) is 14.0. The summed E-state index contributed by atoms with van der Waals surface area (Å²) in [5, 5.41) is 6.53. The van der Waals surface area contributed by atoms with Crippen LogP contribution in [0, 0.1) is 0 Å². The van der Waals surface area contributed by atoms with Gasteiger partial charge in [0.15, 0.2) is 0 Å². The molecule has 0 bridgehead atoms. The molecule has 0 aliphatic carbocycles. The molecule has 0 saturated carbocycles. The SMILES string of the molecule is c1ccc(-c2ccc(N(c3ccc(-c4ccccc4)cc3)c3ccc(-c4cccc5oc6c7ccccc7c7c8ccccc8oc7c6c45)cc3)cc2)cc1. The summed E-state index contributed by atoms with van der Waals surface area (Å²) in [4.78, 5) is 2.32. The van der Waals surface area contributed by atoms with Gasteiger partial charge in [0.05, 0.1) is 5.39 Å². The summed E-state index contributed by atoms with van der Waals surface area (Å²) < 4.78 is 13.4. The molecule has 2 aromatic heterocycles. The molecule has 3 heteroatoms. The van der Waals surface area contributed by atoms with Crippen LogP contribution in [0.5, 0.6) is 0 Å². The van der Waals surface area contributed by atoms with Crippen molar-refractivity contribution in [3.8, 4) is 33.4 Å². The minimum Gasteiger partial charge on any atom is -0.455 e. The fraction of sp³-hybridized carbons (Fsp3) is 0. The predicted octanol–water partition coefficient (Wildman–Crippen LogP) is 15.1. The number of hydrogen-bond donors (Lipinski definition) is 0. The Morgan fingerprint density at radius 2 is 0.727 bits per heavy atom. The maximum absolute atomic E-state index is 6.72. The Morgan fingerprint density at radius 3 is 1.33 bits per heavy atom. The first kappa shape index (κ1) is 31.2. The molecule has 0 unspecified atom stereocenters. The number of hydrogen-bond acceptors (Lipinski definition) is 3. The fourth-order valence-electron chi connectivity index (χ4n) is 8.29. The lowest BCUT2D eigenvalue weighted by Crippen LogP contribution is -2.09. The van der Waals surface area contributed by atoms with Gasteiger partial charge in [0.25, 0.3) is 0 Å². The Kier molecular flexibility index (Phi) is 7.17. The molecule has 2 heterocycles. The Morgan fingerprint density at radius 1 is 0.273 bits per heavy atom. The first-order valence-electron chi connectivity index (χ1n) is 18.7. The van der Waals surface area contributed by atoms with Gasteiger partial charge in [-0.25, -0.2) is 0 Å². The van der Waals surface area contributed by atoms with E-state index in [9.17, 15) is 0 Å². The maximum atomic E-state index is 6.72.